The highest BCUT2D eigenvalue weighted by Crippen LogP contribution is 2.10. The van der Waals surface area contributed by atoms with Gasteiger partial charge < -0.3 is 10.2 Å². The minimum absolute atomic E-state index is 0.845. The van der Waals surface area contributed by atoms with Gasteiger partial charge in [0, 0.05) is 0 Å². The molecule has 0 amide bonds. The first-order chi connectivity index (χ1) is 8.12. The van der Waals surface area contributed by atoms with Crippen molar-refractivity contribution in [3.63, 3.8) is 0 Å². The monoisotopic (exact) mass is 243 g/mol. The average molecular weight is 243 g/mol. The Labute approximate surface area is 109 Å². The van der Waals surface area contributed by atoms with Gasteiger partial charge in [0.05, 0.1) is 27.2 Å². The van der Waals surface area contributed by atoms with Crippen LogP contribution in [0.5, 0.6) is 0 Å². The molecule has 2 nitrogen and oxygen atoms in total. The highest BCUT2D eigenvalue weighted by Gasteiger charge is 2.13. The molecule has 0 aromatic heterocycles. The van der Waals surface area contributed by atoms with Gasteiger partial charge in [-0.3, -0.25) is 0 Å². The Balaban J connectivity index is 3.32. The largest absolute Gasteiger partial charge is 0.330 e. The zero-order chi connectivity index (χ0) is 13.0. The molecule has 0 heterocycles. The summed E-state index contributed by atoms with van der Waals surface area (Å²) in [7, 11) is 4.71. The quantitative estimate of drug-likeness (QED) is 0.412. The third-order valence-electron chi connectivity index (χ3n) is 3.58. The van der Waals surface area contributed by atoms with E-state index in [1.807, 2.05) is 0 Å². The molecule has 0 spiro atoms. The molecule has 0 radical (unpaired) electrons. The van der Waals surface area contributed by atoms with Crippen LogP contribution in [0.1, 0.15) is 64.7 Å². The molecule has 0 aromatic carbocycles. The van der Waals surface area contributed by atoms with Crippen molar-refractivity contribution < 1.29 is 4.48 Å². The topological polar surface area (TPSA) is 26.0 Å². The van der Waals surface area contributed by atoms with Gasteiger partial charge in [0.1, 0.15) is 0 Å². The van der Waals surface area contributed by atoms with Gasteiger partial charge in [0.25, 0.3) is 0 Å². The standard InChI is InChI=1S/C15H35N2/c1-4-5-6-7-8-9-11-14-17(2,3)15-12-10-13-16/h4-16H2,1-3H3/q+1. The van der Waals surface area contributed by atoms with Crippen molar-refractivity contribution in [2.45, 2.75) is 64.7 Å². The summed E-state index contributed by atoms with van der Waals surface area (Å²) >= 11 is 0. The lowest BCUT2D eigenvalue weighted by atomic mass is 10.1. The maximum absolute atomic E-state index is 5.53. The summed E-state index contributed by atoms with van der Waals surface area (Å²) in [6, 6.07) is 0. The summed E-state index contributed by atoms with van der Waals surface area (Å²) in [6.45, 7) is 5.74. The molecule has 0 saturated carbocycles. The third kappa shape index (κ3) is 12.2. The summed E-state index contributed by atoms with van der Waals surface area (Å²) in [5, 5.41) is 0. The van der Waals surface area contributed by atoms with Gasteiger partial charge in [-0.15, -0.1) is 0 Å². The van der Waals surface area contributed by atoms with Gasteiger partial charge in [0.2, 0.25) is 0 Å². The molecule has 0 aliphatic heterocycles. The molecule has 0 unspecified atom stereocenters. The number of nitrogens with two attached hydrogens (primary N) is 1. The fraction of sp³-hybridized carbons (Fsp3) is 1.00. The predicted molar refractivity (Wildman–Crippen MR) is 78.1 cm³/mol. The number of quaternary nitrogens is 1. The van der Waals surface area contributed by atoms with Gasteiger partial charge in [-0.25, -0.2) is 0 Å². The average Bonchev–Trinajstić information content (AvgIpc) is 2.28. The van der Waals surface area contributed by atoms with E-state index in [2.05, 4.69) is 21.0 Å². The molecule has 0 atom stereocenters. The Morgan fingerprint density at radius 2 is 1.18 bits per heavy atom. The van der Waals surface area contributed by atoms with Gasteiger partial charge in [0.15, 0.2) is 0 Å². The van der Waals surface area contributed by atoms with Crippen LogP contribution in [-0.2, 0) is 0 Å². The molecular formula is C15H35N2+. The lowest BCUT2D eigenvalue weighted by Gasteiger charge is -2.29. The zero-order valence-corrected chi connectivity index (χ0v) is 12.5. The number of hydrogen-bond donors (Lipinski definition) is 1. The summed E-state index contributed by atoms with van der Waals surface area (Å²) in [5.41, 5.74) is 5.53. The van der Waals surface area contributed by atoms with Crippen LogP contribution in [0.2, 0.25) is 0 Å². The molecule has 0 fully saturated rings. The Morgan fingerprint density at radius 1 is 0.706 bits per heavy atom. The van der Waals surface area contributed by atoms with Crippen molar-refractivity contribution in [2.24, 2.45) is 5.73 Å². The minimum Gasteiger partial charge on any atom is -0.330 e. The maximum Gasteiger partial charge on any atom is 0.0782 e. The van der Waals surface area contributed by atoms with E-state index in [0.717, 1.165) is 6.54 Å². The van der Waals surface area contributed by atoms with Crippen LogP contribution >= 0.6 is 0 Å². The lowest BCUT2D eigenvalue weighted by Crippen LogP contribution is -2.41. The summed E-state index contributed by atoms with van der Waals surface area (Å²) in [6.07, 6.45) is 12.3. The molecule has 2 heteroatoms. The maximum atomic E-state index is 5.53. The lowest BCUT2D eigenvalue weighted by molar-refractivity contribution is -0.890. The van der Waals surface area contributed by atoms with E-state index in [-0.39, 0.29) is 0 Å². The van der Waals surface area contributed by atoms with Gasteiger partial charge in [-0.1, -0.05) is 39.0 Å². The fourth-order valence-electron chi connectivity index (χ4n) is 2.29. The minimum atomic E-state index is 0.845. The van der Waals surface area contributed by atoms with Crippen molar-refractivity contribution in [2.75, 3.05) is 33.7 Å². The van der Waals surface area contributed by atoms with E-state index in [1.165, 1.54) is 75.4 Å². The molecule has 0 rings (SSSR count). The summed E-state index contributed by atoms with van der Waals surface area (Å²) < 4.78 is 1.18. The molecular weight excluding hydrogens is 208 g/mol. The first kappa shape index (κ1) is 16.9. The third-order valence-corrected chi connectivity index (χ3v) is 3.58. The van der Waals surface area contributed by atoms with Crippen LogP contribution in [0.15, 0.2) is 0 Å². The molecule has 0 aromatic rings. The molecule has 0 aliphatic carbocycles. The van der Waals surface area contributed by atoms with E-state index in [0.29, 0.717) is 0 Å². The van der Waals surface area contributed by atoms with E-state index in [4.69, 9.17) is 5.73 Å². The Hall–Kier alpha value is -0.0800. The molecule has 17 heavy (non-hydrogen) atoms. The molecule has 104 valence electrons. The van der Waals surface area contributed by atoms with E-state index in [9.17, 15) is 0 Å². The van der Waals surface area contributed by atoms with Crippen molar-refractivity contribution in [3.05, 3.63) is 0 Å². The first-order valence-corrected chi connectivity index (χ1v) is 7.64. The number of unbranched alkanes of at least 4 members (excludes halogenated alkanes) is 7. The van der Waals surface area contributed by atoms with Crippen LogP contribution in [0.3, 0.4) is 0 Å². The van der Waals surface area contributed by atoms with Crippen LogP contribution in [0, 0.1) is 0 Å². The normalized spacial score (nSPS) is 12.0. The zero-order valence-electron chi connectivity index (χ0n) is 12.5. The van der Waals surface area contributed by atoms with Crippen molar-refractivity contribution in [3.8, 4) is 0 Å². The van der Waals surface area contributed by atoms with Crippen LogP contribution < -0.4 is 5.73 Å². The SMILES string of the molecule is CCCCCCCCC[N+](C)(C)CCCCN. The molecule has 0 aliphatic rings. The van der Waals surface area contributed by atoms with Gasteiger partial charge >= 0.3 is 0 Å². The van der Waals surface area contributed by atoms with Crippen molar-refractivity contribution in [1.29, 1.82) is 0 Å². The van der Waals surface area contributed by atoms with Gasteiger partial charge in [-0.05, 0) is 32.2 Å². The highest BCUT2D eigenvalue weighted by molar-refractivity contribution is 4.46. The number of hydrogen-bond acceptors (Lipinski definition) is 1. The van der Waals surface area contributed by atoms with Crippen LogP contribution in [0.25, 0.3) is 0 Å². The van der Waals surface area contributed by atoms with E-state index in [1.54, 1.807) is 0 Å². The summed E-state index contributed by atoms with van der Waals surface area (Å²) in [5.74, 6) is 0. The fourth-order valence-corrected chi connectivity index (χ4v) is 2.29. The second-order valence-corrected chi connectivity index (χ2v) is 6.00. The van der Waals surface area contributed by atoms with E-state index < -0.39 is 0 Å². The van der Waals surface area contributed by atoms with Crippen molar-refractivity contribution in [1.82, 2.24) is 0 Å². The van der Waals surface area contributed by atoms with E-state index >= 15 is 0 Å². The number of nitrogens with zero attached hydrogens (tertiary/aromatic N) is 1. The first-order valence-electron chi connectivity index (χ1n) is 7.64. The predicted octanol–water partition coefficient (Wildman–Crippen LogP) is 3.55. The smallest absolute Gasteiger partial charge is 0.0782 e. The molecule has 0 saturated heterocycles. The Kier molecular flexibility index (Phi) is 11.0. The van der Waals surface area contributed by atoms with Crippen LogP contribution in [0.4, 0.5) is 0 Å². The molecule has 2 N–H and O–H groups in total. The second kappa shape index (κ2) is 11.0. The number of rotatable bonds is 12. The molecule has 0 bridgehead atoms. The second-order valence-electron chi connectivity index (χ2n) is 6.00. The highest BCUT2D eigenvalue weighted by atomic mass is 15.3. The van der Waals surface area contributed by atoms with Crippen molar-refractivity contribution >= 4 is 0 Å². The Bertz CT molecular complexity index is 155. The van der Waals surface area contributed by atoms with Crippen LogP contribution in [-0.4, -0.2) is 38.2 Å². The Morgan fingerprint density at radius 3 is 1.71 bits per heavy atom. The van der Waals surface area contributed by atoms with Gasteiger partial charge in [-0.2, -0.15) is 0 Å². The summed E-state index contributed by atoms with van der Waals surface area (Å²) in [4.78, 5) is 0.